The Kier molecular flexibility index (Phi) is 4.90. The largest absolute Gasteiger partial charge is 0.316 e. The molecule has 0 radical (unpaired) electrons. The fourth-order valence-corrected chi connectivity index (χ4v) is 3.63. The average molecular weight is 377 g/mol. The number of nitro groups is 1. The molecule has 0 fully saturated rings. The van der Waals surface area contributed by atoms with Crippen LogP contribution in [0.4, 0.5) is 14.5 Å². The predicted molar refractivity (Wildman–Crippen MR) is 93.0 cm³/mol. The van der Waals surface area contributed by atoms with Gasteiger partial charge in [0.25, 0.3) is 11.6 Å². The molecule has 0 bridgehead atoms. The van der Waals surface area contributed by atoms with E-state index in [2.05, 4.69) is 4.99 Å². The van der Waals surface area contributed by atoms with Gasteiger partial charge in [-0.25, -0.2) is 8.78 Å². The molecule has 26 heavy (non-hydrogen) atoms. The maximum Gasteiger partial charge on any atom is 0.285 e. The lowest BCUT2D eigenvalue weighted by Gasteiger charge is -2.03. The maximum atomic E-state index is 13.8. The fraction of sp³-hybridized carbons (Fsp3) is 0.176. The molecule has 0 unspecified atom stereocenters. The zero-order valence-corrected chi connectivity index (χ0v) is 14.4. The number of aryl methyl sites for hydroxylation is 1. The number of rotatable bonds is 4. The van der Waals surface area contributed by atoms with Gasteiger partial charge in [-0.15, -0.1) is 0 Å². The molecule has 0 N–H and O–H groups in total. The number of nitrogens with zero attached hydrogens (tertiary/aromatic N) is 3. The molecule has 1 aromatic heterocycles. The number of non-ortho nitro benzene ring substituents is 1. The Morgan fingerprint density at radius 3 is 2.58 bits per heavy atom. The number of hydrogen-bond acceptors (Lipinski definition) is 4. The van der Waals surface area contributed by atoms with Crippen molar-refractivity contribution in [3.05, 3.63) is 68.5 Å². The van der Waals surface area contributed by atoms with Crippen molar-refractivity contribution in [2.24, 2.45) is 4.99 Å². The van der Waals surface area contributed by atoms with Crippen LogP contribution in [-0.2, 0) is 6.54 Å². The first-order chi connectivity index (χ1) is 12.4. The molecule has 0 spiro atoms. The molecule has 0 saturated carbocycles. The number of benzene rings is 2. The molecule has 0 saturated heterocycles. The van der Waals surface area contributed by atoms with Gasteiger partial charge in [0.2, 0.25) is 0 Å². The highest BCUT2D eigenvalue weighted by Crippen LogP contribution is 2.23. The minimum absolute atomic E-state index is 0.0829. The number of carbonyl (C=O) groups is 1. The minimum atomic E-state index is -1.04. The number of aromatic nitrogens is 1. The van der Waals surface area contributed by atoms with Crippen LogP contribution in [0.25, 0.3) is 10.2 Å². The lowest BCUT2D eigenvalue weighted by atomic mass is 10.2. The number of nitro benzene ring substituents is 1. The second-order valence-corrected chi connectivity index (χ2v) is 6.47. The molecule has 0 aliphatic carbocycles. The molecule has 3 aromatic rings. The monoisotopic (exact) mass is 377 g/mol. The summed E-state index contributed by atoms with van der Waals surface area (Å²) in [5.41, 5.74) is -0.137. The third kappa shape index (κ3) is 3.25. The van der Waals surface area contributed by atoms with Crippen LogP contribution in [0.1, 0.15) is 23.7 Å². The molecular weight excluding hydrogens is 364 g/mol. The van der Waals surface area contributed by atoms with E-state index in [1.165, 1.54) is 12.1 Å². The minimum Gasteiger partial charge on any atom is -0.316 e. The Bertz CT molecular complexity index is 1070. The van der Waals surface area contributed by atoms with Crippen molar-refractivity contribution in [2.45, 2.75) is 19.9 Å². The first-order valence-corrected chi connectivity index (χ1v) is 8.55. The molecule has 2 aromatic carbocycles. The predicted octanol–water partition coefficient (Wildman–Crippen LogP) is 4.04. The topological polar surface area (TPSA) is 77.5 Å². The molecule has 134 valence electrons. The molecule has 3 rings (SSSR count). The van der Waals surface area contributed by atoms with Gasteiger partial charge in [0.1, 0.15) is 17.2 Å². The normalized spacial score (nSPS) is 11.9. The maximum absolute atomic E-state index is 13.8. The summed E-state index contributed by atoms with van der Waals surface area (Å²) in [6, 6.07) is 7.47. The summed E-state index contributed by atoms with van der Waals surface area (Å²) >= 11 is 1.06. The third-order valence-corrected chi connectivity index (χ3v) is 4.74. The molecule has 9 heteroatoms. The highest BCUT2D eigenvalue weighted by molar-refractivity contribution is 7.16. The van der Waals surface area contributed by atoms with Crippen molar-refractivity contribution < 1.29 is 18.5 Å². The fourth-order valence-electron chi connectivity index (χ4n) is 2.55. The lowest BCUT2D eigenvalue weighted by molar-refractivity contribution is -0.384. The Morgan fingerprint density at radius 2 is 1.96 bits per heavy atom. The van der Waals surface area contributed by atoms with E-state index in [-0.39, 0.29) is 10.5 Å². The van der Waals surface area contributed by atoms with Gasteiger partial charge in [-0.2, -0.15) is 4.99 Å². The highest BCUT2D eigenvalue weighted by Gasteiger charge is 2.18. The molecule has 6 nitrogen and oxygen atoms in total. The van der Waals surface area contributed by atoms with Crippen LogP contribution in [0.3, 0.4) is 0 Å². The van der Waals surface area contributed by atoms with Gasteiger partial charge in [-0.1, -0.05) is 24.3 Å². The van der Waals surface area contributed by atoms with Crippen LogP contribution >= 0.6 is 11.3 Å². The van der Waals surface area contributed by atoms with E-state index in [1.54, 1.807) is 10.6 Å². The zero-order valence-electron chi connectivity index (χ0n) is 13.6. The van der Waals surface area contributed by atoms with E-state index < -0.39 is 28.0 Å². The summed E-state index contributed by atoms with van der Waals surface area (Å²) in [5.74, 6) is -3.01. The van der Waals surface area contributed by atoms with Gasteiger partial charge in [0.15, 0.2) is 4.80 Å². The SMILES string of the molecule is CCCn1c(=NC(=O)c2c(F)cccc2F)sc2cc([N+](=O)[O-])ccc21. The van der Waals surface area contributed by atoms with E-state index in [4.69, 9.17) is 0 Å². The second-order valence-electron chi connectivity index (χ2n) is 5.46. The Hall–Kier alpha value is -2.94. The number of fused-ring (bicyclic) bond motifs is 1. The van der Waals surface area contributed by atoms with Crippen molar-refractivity contribution in [1.82, 2.24) is 4.57 Å². The average Bonchev–Trinajstić information content (AvgIpc) is 2.91. The summed E-state index contributed by atoms with van der Waals surface area (Å²) in [4.78, 5) is 26.8. The van der Waals surface area contributed by atoms with E-state index in [0.717, 1.165) is 36.0 Å². The smallest absolute Gasteiger partial charge is 0.285 e. The first kappa shape index (κ1) is 17.9. The highest BCUT2D eigenvalue weighted by atomic mass is 32.1. The van der Waals surface area contributed by atoms with Crippen LogP contribution in [0.15, 0.2) is 41.4 Å². The number of thiazole rings is 1. The summed E-state index contributed by atoms with van der Waals surface area (Å²) < 4.78 is 29.9. The van der Waals surface area contributed by atoms with Crippen molar-refractivity contribution >= 4 is 33.1 Å². The standard InChI is InChI=1S/C17H13F2N3O3S/c1-2-8-21-13-7-6-10(22(24)25)9-14(13)26-17(21)20-16(23)15-11(18)4-3-5-12(15)19/h3-7,9H,2,8H2,1H3. The van der Waals surface area contributed by atoms with Gasteiger partial charge in [0, 0.05) is 18.7 Å². The van der Waals surface area contributed by atoms with Crippen LogP contribution in [0.2, 0.25) is 0 Å². The van der Waals surface area contributed by atoms with Gasteiger partial charge in [-0.3, -0.25) is 14.9 Å². The van der Waals surface area contributed by atoms with Crippen LogP contribution in [-0.4, -0.2) is 15.4 Å². The summed E-state index contributed by atoms with van der Waals surface area (Å²) in [7, 11) is 0. The summed E-state index contributed by atoms with van der Waals surface area (Å²) in [6.07, 6.45) is 0.720. The van der Waals surface area contributed by atoms with Crippen LogP contribution in [0, 0.1) is 21.7 Å². The molecule has 1 heterocycles. The van der Waals surface area contributed by atoms with Crippen LogP contribution < -0.4 is 4.80 Å². The number of hydrogen-bond donors (Lipinski definition) is 0. The van der Waals surface area contributed by atoms with Crippen molar-refractivity contribution in [2.75, 3.05) is 0 Å². The molecule has 0 aliphatic heterocycles. The van der Waals surface area contributed by atoms with Gasteiger partial charge < -0.3 is 4.57 Å². The molecule has 0 aliphatic rings. The zero-order chi connectivity index (χ0) is 18.8. The van der Waals surface area contributed by atoms with Gasteiger partial charge in [0.05, 0.1) is 15.1 Å². The van der Waals surface area contributed by atoms with Crippen molar-refractivity contribution in [3.63, 3.8) is 0 Å². The summed E-state index contributed by atoms with van der Waals surface area (Å²) in [6.45, 7) is 2.42. The van der Waals surface area contributed by atoms with E-state index >= 15 is 0 Å². The molecule has 0 atom stereocenters. The van der Waals surface area contributed by atoms with E-state index in [9.17, 15) is 23.7 Å². The Labute approximate surface area is 150 Å². The van der Waals surface area contributed by atoms with Gasteiger partial charge in [-0.05, 0) is 24.6 Å². The number of amides is 1. The van der Waals surface area contributed by atoms with Crippen LogP contribution in [0.5, 0.6) is 0 Å². The van der Waals surface area contributed by atoms with Crippen molar-refractivity contribution in [1.29, 1.82) is 0 Å². The quantitative estimate of drug-likeness (QED) is 0.508. The van der Waals surface area contributed by atoms with Crippen molar-refractivity contribution in [3.8, 4) is 0 Å². The third-order valence-electron chi connectivity index (χ3n) is 3.70. The first-order valence-electron chi connectivity index (χ1n) is 7.73. The molecule has 1 amide bonds. The number of carbonyl (C=O) groups excluding carboxylic acids is 1. The Balaban J connectivity index is 2.19. The molecular formula is C17H13F2N3O3S. The lowest BCUT2D eigenvalue weighted by Crippen LogP contribution is -2.17. The number of halogens is 2. The van der Waals surface area contributed by atoms with E-state index in [1.807, 2.05) is 6.92 Å². The summed E-state index contributed by atoms with van der Waals surface area (Å²) in [5, 5.41) is 10.9. The van der Waals surface area contributed by atoms with Gasteiger partial charge >= 0.3 is 0 Å². The van der Waals surface area contributed by atoms with E-state index in [0.29, 0.717) is 16.8 Å². The Morgan fingerprint density at radius 1 is 1.27 bits per heavy atom. The second kappa shape index (κ2) is 7.12.